The minimum absolute atomic E-state index is 0.127. The average molecular weight is 498 g/mol. The van der Waals surface area contributed by atoms with Gasteiger partial charge in [0.25, 0.3) is 5.91 Å². The number of carbonyl (C=O) groups is 3. The quantitative estimate of drug-likeness (QED) is 0.353. The van der Waals surface area contributed by atoms with Gasteiger partial charge in [-0.2, -0.15) is 0 Å². The highest BCUT2D eigenvalue weighted by Gasteiger charge is 2.39. The highest BCUT2D eigenvalue weighted by molar-refractivity contribution is 5.97. The molecule has 0 bridgehead atoms. The SMILES string of the molecule is COC(=O)C(Cc1cccc(C(C)=N)c1)C1CCCN1C(=O)c1ccc(-c2cccc(C(N)=O)c2)cc1. The zero-order chi connectivity index (χ0) is 26.5. The first-order valence-electron chi connectivity index (χ1n) is 12.3. The second-order valence-corrected chi connectivity index (χ2v) is 9.39. The van der Waals surface area contributed by atoms with Gasteiger partial charge in [0, 0.05) is 29.4 Å². The Bertz CT molecular complexity index is 1330. The van der Waals surface area contributed by atoms with Crippen LogP contribution in [0.5, 0.6) is 0 Å². The lowest BCUT2D eigenvalue weighted by Gasteiger charge is -2.30. The number of hydrogen-bond acceptors (Lipinski definition) is 5. The van der Waals surface area contributed by atoms with E-state index in [2.05, 4.69) is 0 Å². The summed E-state index contributed by atoms with van der Waals surface area (Å²) in [4.78, 5) is 39.7. The molecule has 0 spiro atoms. The van der Waals surface area contributed by atoms with Gasteiger partial charge in [-0.1, -0.05) is 42.5 Å². The molecule has 1 fully saturated rings. The topological polar surface area (TPSA) is 114 Å². The van der Waals surface area contributed by atoms with E-state index in [1.165, 1.54) is 7.11 Å². The molecule has 0 aromatic heterocycles. The molecule has 3 aromatic carbocycles. The summed E-state index contributed by atoms with van der Waals surface area (Å²) in [5.41, 5.74) is 10.3. The van der Waals surface area contributed by atoms with Crippen LogP contribution in [0.3, 0.4) is 0 Å². The average Bonchev–Trinajstić information content (AvgIpc) is 3.40. The molecule has 3 aromatic rings. The molecule has 190 valence electrons. The number of nitrogens with two attached hydrogens (primary N) is 1. The minimum Gasteiger partial charge on any atom is -0.469 e. The Labute approximate surface area is 216 Å². The van der Waals surface area contributed by atoms with Gasteiger partial charge in [-0.05, 0) is 78.8 Å². The lowest BCUT2D eigenvalue weighted by atomic mass is 9.89. The number of amides is 2. The van der Waals surface area contributed by atoms with Crippen LogP contribution in [0.1, 0.15) is 51.6 Å². The zero-order valence-electron chi connectivity index (χ0n) is 21.1. The van der Waals surface area contributed by atoms with E-state index in [-0.39, 0.29) is 17.9 Å². The Morgan fingerprint density at radius 2 is 1.68 bits per heavy atom. The van der Waals surface area contributed by atoms with Crippen molar-refractivity contribution < 1.29 is 19.1 Å². The van der Waals surface area contributed by atoms with Crippen molar-refractivity contribution in [2.75, 3.05) is 13.7 Å². The highest BCUT2D eigenvalue weighted by Crippen LogP contribution is 2.30. The van der Waals surface area contributed by atoms with Crippen molar-refractivity contribution in [2.24, 2.45) is 11.7 Å². The van der Waals surface area contributed by atoms with E-state index in [1.54, 1.807) is 42.2 Å². The predicted molar refractivity (Wildman–Crippen MR) is 143 cm³/mol. The fourth-order valence-electron chi connectivity index (χ4n) is 5.00. The second kappa shape index (κ2) is 11.2. The molecular formula is C30H31N3O4. The molecule has 2 amide bonds. The monoisotopic (exact) mass is 497 g/mol. The van der Waals surface area contributed by atoms with Crippen LogP contribution in [0.25, 0.3) is 11.1 Å². The number of hydrogen-bond donors (Lipinski definition) is 2. The normalized spacial score (nSPS) is 15.7. The fourth-order valence-corrected chi connectivity index (χ4v) is 5.00. The number of primary amides is 1. The third-order valence-electron chi connectivity index (χ3n) is 6.96. The van der Waals surface area contributed by atoms with Crippen LogP contribution in [-0.2, 0) is 16.0 Å². The highest BCUT2D eigenvalue weighted by atomic mass is 16.5. The number of nitrogens with one attached hydrogen (secondary N) is 1. The summed E-state index contributed by atoms with van der Waals surface area (Å²) in [5.74, 6) is -1.47. The number of rotatable bonds is 8. The Balaban J connectivity index is 1.56. The van der Waals surface area contributed by atoms with Crippen LogP contribution < -0.4 is 5.73 Å². The van der Waals surface area contributed by atoms with Crippen molar-refractivity contribution in [3.05, 3.63) is 95.1 Å². The van der Waals surface area contributed by atoms with Gasteiger partial charge in [0.2, 0.25) is 5.91 Å². The van der Waals surface area contributed by atoms with E-state index in [1.807, 2.05) is 42.5 Å². The second-order valence-electron chi connectivity index (χ2n) is 9.39. The van der Waals surface area contributed by atoms with Gasteiger partial charge in [-0.3, -0.25) is 14.4 Å². The summed E-state index contributed by atoms with van der Waals surface area (Å²) in [7, 11) is 1.38. The molecule has 0 aliphatic carbocycles. The molecule has 0 radical (unpaired) electrons. The van der Waals surface area contributed by atoms with Crippen molar-refractivity contribution in [3.63, 3.8) is 0 Å². The number of esters is 1. The molecule has 1 aliphatic heterocycles. The smallest absolute Gasteiger partial charge is 0.311 e. The van der Waals surface area contributed by atoms with E-state index in [4.69, 9.17) is 15.9 Å². The van der Waals surface area contributed by atoms with E-state index >= 15 is 0 Å². The Hall–Kier alpha value is -4.26. The lowest BCUT2D eigenvalue weighted by molar-refractivity contribution is -0.147. The molecule has 1 heterocycles. The van der Waals surface area contributed by atoms with E-state index in [9.17, 15) is 14.4 Å². The minimum atomic E-state index is -0.506. The van der Waals surface area contributed by atoms with Crippen molar-refractivity contribution in [1.82, 2.24) is 4.90 Å². The number of likely N-dealkylation sites (tertiary alicyclic amines) is 1. The molecule has 1 aliphatic rings. The molecule has 37 heavy (non-hydrogen) atoms. The Kier molecular flexibility index (Phi) is 7.82. The zero-order valence-corrected chi connectivity index (χ0v) is 21.1. The molecule has 7 heteroatoms. The van der Waals surface area contributed by atoms with E-state index in [0.29, 0.717) is 36.2 Å². The number of benzene rings is 3. The third-order valence-corrected chi connectivity index (χ3v) is 6.96. The summed E-state index contributed by atoms with van der Waals surface area (Å²) in [5, 5.41) is 7.92. The maximum absolute atomic E-state index is 13.5. The predicted octanol–water partition coefficient (Wildman–Crippen LogP) is 4.48. The summed E-state index contributed by atoms with van der Waals surface area (Å²) in [6.07, 6.45) is 1.95. The Morgan fingerprint density at radius 3 is 2.35 bits per heavy atom. The standard InChI is InChI=1S/C30H31N3O4/c1-19(31)23-7-3-6-20(16-23)17-26(30(36)37-2)27-10-5-15-33(27)29(35)22-13-11-21(12-14-22)24-8-4-9-25(18-24)28(32)34/h3-4,6-9,11-14,16,18,26-27,31H,5,10,15,17H2,1-2H3,(H2,32,34). The van der Waals surface area contributed by atoms with E-state index in [0.717, 1.165) is 28.7 Å². The first kappa shape index (κ1) is 25.8. The molecule has 7 nitrogen and oxygen atoms in total. The summed E-state index contributed by atoms with van der Waals surface area (Å²) in [6, 6.07) is 21.6. The first-order valence-corrected chi connectivity index (χ1v) is 12.3. The third kappa shape index (κ3) is 5.77. The van der Waals surface area contributed by atoms with Gasteiger partial charge >= 0.3 is 5.97 Å². The van der Waals surface area contributed by atoms with Crippen molar-refractivity contribution in [3.8, 4) is 11.1 Å². The first-order chi connectivity index (χ1) is 17.8. The van der Waals surface area contributed by atoms with Crippen LogP contribution in [0, 0.1) is 11.3 Å². The van der Waals surface area contributed by atoms with Crippen molar-refractivity contribution >= 4 is 23.5 Å². The van der Waals surface area contributed by atoms with Gasteiger partial charge in [0.1, 0.15) is 0 Å². The van der Waals surface area contributed by atoms with Gasteiger partial charge in [0.15, 0.2) is 0 Å². The largest absolute Gasteiger partial charge is 0.469 e. The molecule has 2 unspecified atom stereocenters. The summed E-state index contributed by atoms with van der Waals surface area (Å²) >= 11 is 0. The Morgan fingerprint density at radius 1 is 0.973 bits per heavy atom. The van der Waals surface area contributed by atoms with Gasteiger partial charge in [-0.25, -0.2) is 0 Å². The maximum Gasteiger partial charge on any atom is 0.311 e. The fraction of sp³-hybridized carbons (Fsp3) is 0.267. The van der Waals surface area contributed by atoms with E-state index < -0.39 is 11.8 Å². The van der Waals surface area contributed by atoms with Crippen LogP contribution in [-0.4, -0.2) is 48.1 Å². The molecule has 0 saturated carbocycles. The summed E-state index contributed by atoms with van der Waals surface area (Å²) in [6.45, 7) is 2.30. The van der Waals surface area contributed by atoms with Gasteiger partial charge in [-0.15, -0.1) is 0 Å². The van der Waals surface area contributed by atoms with Gasteiger partial charge in [0.05, 0.1) is 13.0 Å². The molecule has 3 N–H and O–H groups in total. The number of carbonyl (C=O) groups excluding carboxylic acids is 3. The van der Waals surface area contributed by atoms with Crippen molar-refractivity contribution in [2.45, 2.75) is 32.2 Å². The molecule has 2 atom stereocenters. The maximum atomic E-state index is 13.5. The molecule has 4 rings (SSSR count). The number of nitrogens with zero attached hydrogens (tertiary/aromatic N) is 1. The lowest BCUT2D eigenvalue weighted by Crippen LogP contribution is -2.44. The van der Waals surface area contributed by atoms with Crippen LogP contribution in [0.15, 0.2) is 72.8 Å². The van der Waals surface area contributed by atoms with Crippen LogP contribution in [0.4, 0.5) is 0 Å². The van der Waals surface area contributed by atoms with Gasteiger partial charge < -0.3 is 20.8 Å². The number of methoxy groups -OCH3 is 1. The van der Waals surface area contributed by atoms with Crippen molar-refractivity contribution in [1.29, 1.82) is 5.41 Å². The van der Waals surface area contributed by atoms with Crippen LogP contribution >= 0.6 is 0 Å². The molecule has 1 saturated heterocycles. The molecular weight excluding hydrogens is 466 g/mol. The number of ether oxygens (including phenoxy) is 1. The van der Waals surface area contributed by atoms with Crippen LogP contribution in [0.2, 0.25) is 0 Å². The summed E-state index contributed by atoms with van der Waals surface area (Å²) < 4.78 is 5.15.